The van der Waals surface area contributed by atoms with Gasteiger partial charge in [-0.05, 0) is 24.6 Å². The number of benzene rings is 1. The Bertz CT molecular complexity index is 603. The molecule has 5 heteroatoms. The van der Waals surface area contributed by atoms with Crippen molar-refractivity contribution in [2.45, 2.75) is 13.5 Å². The van der Waals surface area contributed by atoms with Gasteiger partial charge in [-0.15, -0.1) is 0 Å². The van der Waals surface area contributed by atoms with Crippen LogP contribution in [-0.2, 0) is 6.61 Å². The summed E-state index contributed by atoms with van der Waals surface area (Å²) in [4.78, 5) is 8.03. The summed E-state index contributed by atoms with van der Waals surface area (Å²) < 4.78 is 10.6. The predicted molar refractivity (Wildman–Crippen MR) is 68.8 cm³/mol. The summed E-state index contributed by atoms with van der Waals surface area (Å²) in [6, 6.07) is 9.51. The first-order valence-electron chi connectivity index (χ1n) is 5.72. The summed E-state index contributed by atoms with van der Waals surface area (Å²) in [5, 5.41) is 8.97. The van der Waals surface area contributed by atoms with Crippen molar-refractivity contribution in [2.75, 3.05) is 7.11 Å². The van der Waals surface area contributed by atoms with Crippen LogP contribution in [0.2, 0.25) is 0 Å². The highest BCUT2D eigenvalue weighted by atomic mass is 16.5. The molecule has 0 atom stereocenters. The van der Waals surface area contributed by atoms with Crippen LogP contribution >= 0.6 is 0 Å². The minimum absolute atomic E-state index is 0.251. The number of ether oxygens (including phenoxy) is 2. The lowest BCUT2D eigenvalue weighted by Gasteiger charge is -2.07. The molecule has 1 aromatic carbocycles. The second kappa shape index (κ2) is 5.83. The van der Waals surface area contributed by atoms with Gasteiger partial charge in [0.2, 0.25) is 0 Å². The van der Waals surface area contributed by atoms with Gasteiger partial charge in [0.1, 0.15) is 24.3 Å². The van der Waals surface area contributed by atoms with Gasteiger partial charge in [0.15, 0.2) is 11.4 Å². The third-order valence-corrected chi connectivity index (χ3v) is 2.53. The Morgan fingerprint density at radius 1 is 1.26 bits per heavy atom. The highest BCUT2D eigenvalue weighted by Crippen LogP contribution is 2.17. The quantitative estimate of drug-likeness (QED) is 0.838. The molecule has 2 aromatic rings. The normalized spacial score (nSPS) is 9.74. The fourth-order valence-corrected chi connectivity index (χ4v) is 1.53. The third kappa shape index (κ3) is 3.19. The molecule has 2 rings (SSSR count). The Balaban J connectivity index is 2.08. The lowest BCUT2D eigenvalue weighted by atomic mass is 10.2. The van der Waals surface area contributed by atoms with E-state index < -0.39 is 0 Å². The van der Waals surface area contributed by atoms with Gasteiger partial charge >= 0.3 is 0 Å². The maximum absolute atomic E-state index is 8.97. The van der Waals surface area contributed by atoms with Gasteiger partial charge in [-0.1, -0.05) is 12.1 Å². The molecule has 0 radical (unpaired) electrons. The third-order valence-electron chi connectivity index (χ3n) is 2.53. The lowest BCUT2D eigenvalue weighted by Crippen LogP contribution is -2.01. The summed E-state index contributed by atoms with van der Waals surface area (Å²) >= 11 is 0. The SMILES string of the molecule is COc1ccc(COc2cnc(C)nc2C#N)cc1. The predicted octanol–water partition coefficient (Wildman–Crippen LogP) is 2.24. The number of hydrogen-bond donors (Lipinski definition) is 0. The van der Waals surface area contributed by atoms with Crippen molar-refractivity contribution in [3.63, 3.8) is 0 Å². The maximum Gasteiger partial charge on any atom is 0.186 e. The summed E-state index contributed by atoms with van der Waals surface area (Å²) in [5.74, 6) is 1.73. The molecule has 0 fully saturated rings. The minimum Gasteiger partial charge on any atom is -0.497 e. The number of aromatic nitrogens is 2. The van der Waals surface area contributed by atoms with Gasteiger partial charge < -0.3 is 9.47 Å². The molecule has 0 saturated heterocycles. The Morgan fingerprint density at radius 2 is 2.00 bits per heavy atom. The number of aryl methyl sites for hydroxylation is 1. The van der Waals surface area contributed by atoms with Crippen molar-refractivity contribution in [3.8, 4) is 17.6 Å². The Labute approximate surface area is 111 Å². The van der Waals surface area contributed by atoms with Crippen molar-refractivity contribution in [3.05, 3.63) is 47.5 Å². The van der Waals surface area contributed by atoms with Gasteiger partial charge in [-0.25, -0.2) is 9.97 Å². The van der Waals surface area contributed by atoms with Crippen LogP contribution in [0.4, 0.5) is 0 Å². The van der Waals surface area contributed by atoms with E-state index in [4.69, 9.17) is 14.7 Å². The number of methoxy groups -OCH3 is 1. The molecule has 0 aliphatic rings. The molecule has 96 valence electrons. The van der Waals surface area contributed by atoms with Crippen LogP contribution in [0.3, 0.4) is 0 Å². The van der Waals surface area contributed by atoms with E-state index in [9.17, 15) is 0 Å². The molecule has 1 heterocycles. The van der Waals surface area contributed by atoms with E-state index in [1.807, 2.05) is 30.3 Å². The fourth-order valence-electron chi connectivity index (χ4n) is 1.53. The van der Waals surface area contributed by atoms with Crippen LogP contribution < -0.4 is 9.47 Å². The van der Waals surface area contributed by atoms with Crippen LogP contribution in [0.1, 0.15) is 17.1 Å². The van der Waals surface area contributed by atoms with Gasteiger partial charge in [0.05, 0.1) is 13.3 Å². The number of rotatable bonds is 4. The van der Waals surface area contributed by atoms with Crippen molar-refractivity contribution >= 4 is 0 Å². The lowest BCUT2D eigenvalue weighted by molar-refractivity contribution is 0.302. The highest BCUT2D eigenvalue weighted by molar-refractivity contribution is 5.35. The Hall–Kier alpha value is -2.61. The molecular formula is C14H13N3O2. The van der Waals surface area contributed by atoms with Crippen molar-refractivity contribution in [1.29, 1.82) is 5.26 Å². The summed E-state index contributed by atoms with van der Waals surface area (Å²) in [6.45, 7) is 2.08. The maximum atomic E-state index is 8.97. The largest absolute Gasteiger partial charge is 0.497 e. The summed E-state index contributed by atoms with van der Waals surface area (Å²) in [5.41, 5.74) is 1.23. The average Bonchev–Trinajstić information content (AvgIpc) is 2.46. The van der Waals surface area contributed by atoms with E-state index in [2.05, 4.69) is 9.97 Å². The molecule has 0 bridgehead atoms. The second-order valence-electron chi connectivity index (χ2n) is 3.88. The standard InChI is InChI=1S/C14H13N3O2/c1-10-16-8-14(13(7-15)17-10)19-9-11-3-5-12(18-2)6-4-11/h3-6,8H,9H2,1-2H3. The zero-order chi connectivity index (χ0) is 13.7. The first-order chi connectivity index (χ1) is 9.22. The number of nitrogens with zero attached hydrogens (tertiary/aromatic N) is 3. The molecule has 0 aliphatic carbocycles. The van der Waals surface area contributed by atoms with Crippen molar-refractivity contribution < 1.29 is 9.47 Å². The molecule has 1 aromatic heterocycles. The molecule has 0 spiro atoms. The first-order valence-corrected chi connectivity index (χ1v) is 5.72. The molecule has 5 nitrogen and oxygen atoms in total. The van der Waals surface area contributed by atoms with Crippen LogP contribution in [-0.4, -0.2) is 17.1 Å². The zero-order valence-electron chi connectivity index (χ0n) is 10.8. The van der Waals surface area contributed by atoms with E-state index >= 15 is 0 Å². The molecule has 0 unspecified atom stereocenters. The monoisotopic (exact) mass is 255 g/mol. The van der Waals surface area contributed by atoms with Crippen LogP contribution in [0, 0.1) is 18.3 Å². The van der Waals surface area contributed by atoms with Crippen LogP contribution in [0.25, 0.3) is 0 Å². The van der Waals surface area contributed by atoms with Gasteiger partial charge in [0, 0.05) is 0 Å². The van der Waals surface area contributed by atoms with Crippen LogP contribution in [0.5, 0.6) is 11.5 Å². The average molecular weight is 255 g/mol. The van der Waals surface area contributed by atoms with E-state index in [1.165, 1.54) is 6.20 Å². The summed E-state index contributed by atoms with van der Waals surface area (Å²) in [7, 11) is 1.62. The van der Waals surface area contributed by atoms with Crippen molar-refractivity contribution in [2.24, 2.45) is 0 Å². The van der Waals surface area contributed by atoms with E-state index in [-0.39, 0.29) is 5.69 Å². The number of nitriles is 1. The van der Waals surface area contributed by atoms with Gasteiger partial charge in [0.25, 0.3) is 0 Å². The minimum atomic E-state index is 0.251. The Morgan fingerprint density at radius 3 is 2.63 bits per heavy atom. The topological polar surface area (TPSA) is 68.0 Å². The number of hydrogen-bond acceptors (Lipinski definition) is 5. The molecule has 0 amide bonds. The fraction of sp³-hybridized carbons (Fsp3) is 0.214. The smallest absolute Gasteiger partial charge is 0.186 e. The first kappa shape index (κ1) is 12.8. The molecule has 0 aliphatic heterocycles. The van der Waals surface area contributed by atoms with E-state index in [1.54, 1.807) is 14.0 Å². The molecule has 0 saturated carbocycles. The van der Waals surface area contributed by atoms with E-state index in [0.29, 0.717) is 18.2 Å². The van der Waals surface area contributed by atoms with Gasteiger partial charge in [-0.3, -0.25) is 0 Å². The zero-order valence-corrected chi connectivity index (χ0v) is 10.8. The molecular weight excluding hydrogens is 242 g/mol. The van der Waals surface area contributed by atoms with E-state index in [0.717, 1.165) is 11.3 Å². The summed E-state index contributed by atoms with van der Waals surface area (Å²) in [6.07, 6.45) is 1.52. The molecule has 0 N–H and O–H groups in total. The Kier molecular flexibility index (Phi) is 3.94. The second-order valence-corrected chi connectivity index (χ2v) is 3.88. The highest BCUT2D eigenvalue weighted by Gasteiger charge is 2.06. The van der Waals surface area contributed by atoms with Gasteiger partial charge in [-0.2, -0.15) is 5.26 Å². The molecule has 19 heavy (non-hydrogen) atoms. The van der Waals surface area contributed by atoms with Crippen molar-refractivity contribution in [1.82, 2.24) is 9.97 Å². The van der Waals surface area contributed by atoms with Crippen LogP contribution in [0.15, 0.2) is 30.5 Å².